The minimum atomic E-state index is -0.915. The van der Waals surface area contributed by atoms with Gasteiger partial charge in [-0.25, -0.2) is 4.98 Å². The highest BCUT2D eigenvalue weighted by Gasteiger charge is 2.57. The van der Waals surface area contributed by atoms with Crippen molar-refractivity contribution in [2.75, 3.05) is 12.3 Å². The Morgan fingerprint density at radius 1 is 1.26 bits per heavy atom. The highest BCUT2D eigenvalue weighted by molar-refractivity contribution is 9.10. The number of Topliss-reactive ketones (excluding diaryl/α,β-unsaturated/α-hetero) is 1. The van der Waals surface area contributed by atoms with E-state index in [4.69, 9.17) is 24.7 Å². The molecule has 0 spiro atoms. The van der Waals surface area contributed by atoms with Crippen LogP contribution in [0.1, 0.15) is 47.3 Å². The molecule has 2 aliphatic heterocycles. The van der Waals surface area contributed by atoms with Crippen LogP contribution in [0.4, 0.5) is 5.95 Å². The summed E-state index contributed by atoms with van der Waals surface area (Å²) in [5.74, 6) is -2.15. The molecule has 3 N–H and O–H groups in total. The van der Waals surface area contributed by atoms with Gasteiger partial charge < -0.3 is 29.5 Å². The quantitative estimate of drug-likeness (QED) is 0.389. The van der Waals surface area contributed by atoms with E-state index in [9.17, 15) is 14.4 Å². The first-order valence-electron chi connectivity index (χ1n) is 11.0. The highest BCUT2D eigenvalue weighted by atomic mass is 79.9. The lowest BCUT2D eigenvalue weighted by molar-refractivity contribution is -0.203. The number of nitrogen functional groups attached to an aromatic ring is 1. The topological polar surface area (TPSA) is 161 Å². The normalized spacial score (nSPS) is 26.7. The third kappa shape index (κ3) is 4.61. The Labute approximate surface area is 203 Å². The molecule has 0 aliphatic carbocycles. The number of hydrogen-bond donors (Lipinski definition) is 2. The SMILES string of the molecule is CC(=O)C[C@H](C(=O)OC[C@H]1O[C@@H](n2c(Br)nc3c(=O)[nH]c(N)nc32)C2OC(C)(C)O[C@@H]21)C(C)C. The summed E-state index contributed by atoms with van der Waals surface area (Å²) >= 11 is 3.37. The zero-order valence-electron chi connectivity index (χ0n) is 19.5. The first kappa shape index (κ1) is 24.8. The molecule has 2 aromatic heterocycles. The van der Waals surface area contributed by atoms with Crippen molar-refractivity contribution in [3.05, 3.63) is 15.1 Å². The van der Waals surface area contributed by atoms with Gasteiger partial charge in [-0.1, -0.05) is 13.8 Å². The highest BCUT2D eigenvalue weighted by Crippen LogP contribution is 2.44. The van der Waals surface area contributed by atoms with E-state index in [1.54, 1.807) is 18.4 Å². The van der Waals surface area contributed by atoms with Crippen molar-refractivity contribution in [2.24, 2.45) is 11.8 Å². The van der Waals surface area contributed by atoms with E-state index in [0.29, 0.717) is 4.73 Å². The van der Waals surface area contributed by atoms with Crippen LogP contribution in [0.3, 0.4) is 0 Å². The summed E-state index contributed by atoms with van der Waals surface area (Å²) < 4.78 is 25.8. The predicted octanol–water partition coefficient (Wildman–Crippen LogP) is 1.68. The van der Waals surface area contributed by atoms with Gasteiger partial charge in [0.15, 0.2) is 27.9 Å². The van der Waals surface area contributed by atoms with Crippen LogP contribution in [0, 0.1) is 11.8 Å². The van der Waals surface area contributed by atoms with Crippen LogP contribution in [0.15, 0.2) is 9.53 Å². The number of fused-ring (bicyclic) bond motifs is 2. The number of nitrogens with two attached hydrogens (primary N) is 1. The minimum absolute atomic E-state index is 0.0608. The maximum atomic E-state index is 12.7. The van der Waals surface area contributed by atoms with E-state index in [0.717, 1.165) is 0 Å². The van der Waals surface area contributed by atoms with Crippen LogP contribution in [-0.2, 0) is 28.5 Å². The van der Waals surface area contributed by atoms with E-state index in [-0.39, 0.29) is 41.8 Å². The largest absolute Gasteiger partial charge is 0.463 e. The van der Waals surface area contributed by atoms with Crippen LogP contribution >= 0.6 is 15.9 Å². The molecule has 4 heterocycles. The number of esters is 1. The molecule has 2 saturated heterocycles. The molecule has 0 amide bonds. The van der Waals surface area contributed by atoms with Crippen LogP contribution in [0.2, 0.25) is 0 Å². The molecule has 0 radical (unpaired) electrons. The molecular formula is C21H28BrN5O7. The molecule has 0 saturated carbocycles. The smallest absolute Gasteiger partial charge is 0.309 e. The number of ketones is 1. The van der Waals surface area contributed by atoms with Gasteiger partial charge in [0.25, 0.3) is 5.56 Å². The summed E-state index contributed by atoms with van der Waals surface area (Å²) in [4.78, 5) is 47.5. The molecule has 2 aliphatic rings. The van der Waals surface area contributed by atoms with Gasteiger partial charge in [-0.3, -0.25) is 19.1 Å². The van der Waals surface area contributed by atoms with E-state index in [2.05, 4.69) is 30.9 Å². The minimum Gasteiger partial charge on any atom is -0.463 e. The number of halogens is 1. The summed E-state index contributed by atoms with van der Waals surface area (Å²) in [6.07, 6.45) is -2.52. The number of hydrogen-bond acceptors (Lipinski definition) is 10. The average molecular weight is 542 g/mol. The van der Waals surface area contributed by atoms with Gasteiger partial charge in [0.2, 0.25) is 5.95 Å². The Balaban J connectivity index is 1.61. The summed E-state index contributed by atoms with van der Waals surface area (Å²) in [6.45, 7) is 8.63. The number of carbonyl (C=O) groups excluding carboxylic acids is 2. The Bertz CT molecular complexity index is 1180. The molecule has 1 unspecified atom stereocenters. The third-order valence-corrected chi connectivity index (χ3v) is 6.47. The van der Waals surface area contributed by atoms with Gasteiger partial charge in [0.1, 0.15) is 30.7 Å². The van der Waals surface area contributed by atoms with Crippen molar-refractivity contribution in [2.45, 2.75) is 71.4 Å². The van der Waals surface area contributed by atoms with E-state index < -0.39 is 47.8 Å². The summed E-state index contributed by atoms with van der Waals surface area (Å²) in [5, 5.41) is 0. The van der Waals surface area contributed by atoms with Gasteiger partial charge in [-0.15, -0.1) is 0 Å². The summed E-state index contributed by atoms with van der Waals surface area (Å²) in [5.41, 5.74) is 5.55. The maximum Gasteiger partial charge on any atom is 0.309 e. The fourth-order valence-electron chi connectivity index (χ4n) is 4.37. The van der Waals surface area contributed by atoms with Gasteiger partial charge >= 0.3 is 5.97 Å². The Morgan fingerprint density at radius 3 is 2.59 bits per heavy atom. The Hall–Kier alpha value is -2.35. The van der Waals surface area contributed by atoms with Gasteiger partial charge in [0, 0.05) is 6.42 Å². The molecular weight excluding hydrogens is 514 g/mol. The lowest BCUT2D eigenvalue weighted by Crippen LogP contribution is -2.35. The number of nitrogens with one attached hydrogen (secondary N) is 1. The molecule has 2 fully saturated rings. The van der Waals surface area contributed by atoms with Crippen molar-refractivity contribution in [1.29, 1.82) is 0 Å². The first-order valence-corrected chi connectivity index (χ1v) is 11.8. The molecule has 0 bridgehead atoms. The van der Waals surface area contributed by atoms with Crippen LogP contribution < -0.4 is 11.3 Å². The van der Waals surface area contributed by atoms with Gasteiger partial charge in [-0.2, -0.15) is 4.98 Å². The second kappa shape index (κ2) is 9.02. The molecule has 34 heavy (non-hydrogen) atoms. The molecule has 13 heteroatoms. The molecule has 4 rings (SSSR count). The van der Waals surface area contributed by atoms with Crippen molar-refractivity contribution >= 4 is 44.8 Å². The van der Waals surface area contributed by atoms with Crippen molar-refractivity contribution in [1.82, 2.24) is 19.5 Å². The molecule has 2 aromatic rings. The fraction of sp³-hybridized carbons (Fsp3) is 0.667. The van der Waals surface area contributed by atoms with E-state index in [1.165, 1.54) is 6.92 Å². The molecule has 186 valence electrons. The van der Waals surface area contributed by atoms with Gasteiger partial charge in [-0.05, 0) is 42.6 Å². The number of nitrogens with zero attached hydrogens (tertiary/aromatic N) is 3. The zero-order valence-corrected chi connectivity index (χ0v) is 21.1. The second-order valence-electron chi connectivity index (χ2n) is 9.39. The third-order valence-electron chi connectivity index (χ3n) is 5.91. The molecule has 0 aromatic carbocycles. The van der Waals surface area contributed by atoms with E-state index in [1.807, 2.05) is 13.8 Å². The average Bonchev–Trinajstić information content (AvgIpc) is 3.32. The number of aromatic amines is 1. The number of imidazole rings is 1. The van der Waals surface area contributed by atoms with Crippen LogP contribution in [-0.4, -0.2) is 62.0 Å². The van der Waals surface area contributed by atoms with Crippen molar-refractivity contribution in [3.8, 4) is 0 Å². The maximum absolute atomic E-state index is 12.7. The number of rotatable bonds is 7. The fourth-order valence-corrected chi connectivity index (χ4v) is 4.92. The zero-order chi connectivity index (χ0) is 24.9. The monoisotopic (exact) mass is 541 g/mol. The predicted molar refractivity (Wildman–Crippen MR) is 123 cm³/mol. The standard InChI is InChI=1S/C21H28BrN5O7/c1-8(2)10(6-9(3)28)18(30)31-7-11-13-14(34-21(4,5)33-13)17(32-11)27-15-12(24-19(27)22)16(29)26-20(23)25-15/h8,10-11,13-14,17H,6-7H2,1-5H3,(H3,23,25,26,29)/t10-,11+,13+,14?,17+/m0/s1. The molecule has 5 atom stereocenters. The first-order chi connectivity index (χ1) is 15.9. The number of aromatic nitrogens is 4. The Morgan fingerprint density at radius 2 is 1.94 bits per heavy atom. The number of anilines is 1. The molecule has 12 nitrogen and oxygen atoms in total. The van der Waals surface area contributed by atoms with E-state index >= 15 is 0 Å². The Kier molecular flexibility index (Phi) is 6.57. The number of H-pyrrole nitrogens is 1. The van der Waals surface area contributed by atoms with Crippen LogP contribution in [0.5, 0.6) is 0 Å². The lowest BCUT2D eigenvalue weighted by Gasteiger charge is -2.25. The summed E-state index contributed by atoms with van der Waals surface area (Å²) in [6, 6.07) is 0. The number of ether oxygens (including phenoxy) is 4. The van der Waals surface area contributed by atoms with Gasteiger partial charge in [0.05, 0.1) is 5.92 Å². The lowest BCUT2D eigenvalue weighted by atomic mass is 9.91. The van der Waals surface area contributed by atoms with Crippen molar-refractivity contribution in [3.63, 3.8) is 0 Å². The van der Waals surface area contributed by atoms with Crippen LogP contribution in [0.25, 0.3) is 11.2 Å². The van der Waals surface area contributed by atoms with Crippen molar-refractivity contribution < 1.29 is 28.5 Å². The second-order valence-corrected chi connectivity index (χ2v) is 10.1. The number of carbonyl (C=O) groups is 2. The summed E-state index contributed by atoms with van der Waals surface area (Å²) in [7, 11) is 0.